The van der Waals surface area contributed by atoms with Gasteiger partial charge in [0, 0.05) is 98.4 Å². The molecule has 0 fully saturated rings. The highest BCUT2D eigenvalue weighted by molar-refractivity contribution is 7.86. The number of nitrogens with one attached hydrogen (secondary N) is 1. The van der Waals surface area contributed by atoms with E-state index in [1.54, 1.807) is 31.2 Å². The number of hydrogen-bond acceptors (Lipinski definition) is 12. The third-order valence-electron chi connectivity index (χ3n) is 18.1. The molecule has 1 amide bonds. The molecule has 8 aromatic carbocycles. The smallest absolute Gasteiger partial charge is 0.423 e. The van der Waals surface area contributed by atoms with Gasteiger partial charge in [-0.1, -0.05) is 178 Å². The molecule has 0 aromatic heterocycles. The summed E-state index contributed by atoms with van der Waals surface area (Å²) in [7, 11) is -11.9. The largest absolute Gasteiger partial charge is 0.488 e. The molecular formula is C73H82B2N5O11S2+. The van der Waals surface area contributed by atoms with Crippen molar-refractivity contribution in [1.29, 1.82) is 0 Å². The Labute approximate surface area is 547 Å². The molecule has 0 bridgehead atoms. The molecule has 0 spiro atoms. The lowest BCUT2D eigenvalue weighted by Gasteiger charge is -2.28. The molecule has 0 unspecified atom stereocenters. The number of fused-ring (bicyclic) bond motifs is 4. The van der Waals surface area contributed by atoms with Crippen molar-refractivity contribution < 1.29 is 55.4 Å². The van der Waals surface area contributed by atoms with Gasteiger partial charge in [0.05, 0.1) is 16.9 Å². The van der Waals surface area contributed by atoms with E-state index in [0.717, 1.165) is 94.4 Å². The summed E-state index contributed by atoms with van der Waals surface area (Å²) in [6.45, 7) is 17.7. The number of allylic oxidation sites excluding steroid dienone is 4. The van der Waals surface area contributed by atoms with Gasteiger partial charge in [-0.2, -0.15) is 21.4 Å². The molecule has 7 N–H and O–H groups in total. The topological polar surface area (TPSA) is 231 Å². The Bertz CT molecular complexity index is 4380. The molecule has 0 aliphatic carbocycles. The summed E-state index contributed by atoms with van der Waals surface area (Å²) in [5.41, 5.74) is 12.2. The number of carbonyl (C=O) groups excluding carboxylic acids is 1. The van der Waals surface area contributed by atoms with Crippen molar-refractivity contribution in [2.45, 2.75) is 97.4 Å². The Morgan fingerprint density at radius 3 is 1.65 bits per heavy atom. The van der Waals surface area contributed by atoms with E-state index in [9.17, 15) is 50.8 Å². The van der Waals surface area contributed by atoms with Crippen LogP contribution in [0.5, 0.6) is 0 Å². The van der Waals surface area contributed by atoms with Crippen molar-refractivity contribution in [3.8, 4) is 0 Å². The van der Waals surface area contributed by atoms with Crippen LogP contribution in [0.4, 0.5) is 11.4 Å². The molecule has 0 radical (unpaired) electrons. The predicted molar refractivity (Wildman–Crippen MR) is 374 cm³/mol. The van der Waals surface area contributed by atoms with Gasteiger partial charge in [0.15, 0.2) is 5.71 Å². The monoisotopic (exact) mass is 1290 g/mol. The van der Waals surface area contributed by atoms with Crippen molar-refractivity contribution in [3.63, 3.8) is 0 Å². The zero-order valence-electron chi connectivity index (χ0n) is 53.4. The first kappa shape index (κ1) is 68.0. The van der Waals surface area contributed by atoms with Gasteiger partial charge in [0.25, 0.3) is 20.2 Å². The van der Waals surface area contributed by atoms with E-state index in [2.05, 4.69) is 132 Å². The highest BCUT2D eigenvalue weighted by Gasteiger charge is 2.48. The van der Waals surface area contributed by atoms with Crippen molar-refractivity contribution in [2.75, 3.05) is 42.6 Å². The molecule has 2 aliphatic heterocycles. The highest BCUT2D eigenvalue weighted by atomic mass is 32.2. The molecule has 93 heavy (non-hydrogen) atoms. The van der Waals surface area contributed by atoms with E-state index < -0.39 is 56.8 Å². The summed E-state index contributed by atoms with van der Waals surface area (Å²) in [5.74, 6) is -1.04. The Morgan fingerprint density at radius 2 is 1.09 bits per heavy atom. The quantitative estimate of drug-likeness (QED) is 0.00605. The molecule has 10 rings (SSSR count). The number of nitrogens with zero attached hydrogens (tertiary/aromatic N) is 4. The fourth-order valence-electron chi connectivity index (χ4n) is 13.7. The van der Waals surface area contributed by atoms with Gasteiger partial charge in [0.1, 0.15) is 6.54 Å². The van der Waals surface area contributed by atoms with Crippen LogP contribution >= 0.6 is 0 Å². The van der Waals surface area contributed by atoms with Gasteiger partial charge < -0.3 is 30.3 Å². The molecule has 0 saturated carbocycles. The third-order valence-corrected chi connectivity index (χ3v) is 19.7. The van der Waals surface area contributed by atoms with E-state index in [1.165, 1.54) is 0 Å². The number of anilines is 1. The zero-order chi connectivity index (χ0) is 66.4. The number of benzene rings is 8. The van der Waals surface area contributed by atoms with Crippen molar-refractivity contribution >= 4 is 95.5 Å². The Balaban J connectivity index is 1.07. The number of hydrogen-bond donors (Lipinski definition) is 7. The summed E-state index contributed by atoms with van der Waals surface area (Å²) in [6, 6.07) is 55.9. The van der Waals surface area contributed by atoms with Gasteiger partial charge in [0.2, 0.25) is 11.6 Å². The van der Waals surface area contributed by atoms with Crippen molar-refractivity contribution in [2.24, 2.45) is 0 Å². The van der Waals surface area contributed by atoms with Crippen molar-refractivity contribution in [1.82, 2.24) is 15.1 Å². The average Bonchev–Trinajstić information content (AvgIpc) is 1.67. The van der Waals surface area contributed by atoms with Crippen LogP contribution in [-0.2, 0) is 68.6 Å². The van der Waals surface area contributed by atoms with Crippen LogP contribution in [-0.4, -0.2) is 124 Å². The van der Waals surface area contributed by atoms with Gasteiger partial charge >= 0.3 is 14.2 Å². The molecule has 0 saturated heterocycles. The molecule has 16 nitrogen and oxygen atoms in total. The first-order valence-electron chi connectivity index (χ1n) is 31.5. The lowest BCUT2D eigenvalue weighted by molar-refractivity contribution is -0.436. The fourth-order valence-corrected chi connectivity index (χ4v) is 14.7. The number of carbonyl (C=O) groups is 1. The number of para-hydroxylation sites is 2. The van der Waals surface area contributed by atoms with Gasteiger partial charge in [-0.05, 0) is 123 Å². The van der Waals surface area contributed by atoms with E-state index in [1.807, 2.05) is 84.9 Å². The Kier molecular flexibility index (Phi) is 21.1. The van der Waals surface area contributed by atoms with Gasteiger partial charge in [-0.3, -0.25) is 23.7 Å². The SMILES string of the molecule is C=C(C)C(=O)NCCCN(Cc1ccccc1B(O)O)Cc1c2ccccc2c(CN(Cc2ccc(/C(=C\C=C3/N(CCCS(=O)(=O)O)c4ccccc4C3(C)C)C3=[N+](CCCS(=O)(=O)O)c4ccccc4C3(C)C)cc2)Cc2ccccc2B(O)O)c2ccccc12. The average molecular weight is 1290 g/mol. The summed E-state index contributed by atoms with van der Waals surface area (Å²) in [5, 5.41) is 49.6. The summed E-state index contributed by atoms with van der Waals surface area (Å²) in [4.78, 5) is 19.3. The van der Waals surface area contributed by atoms with E-state index in [-0.39, 0.29) is 25.3 Å². The van der Waals surface area contributed by atoms with Crippen molar-refractivity contribution in [3.05, 3.63) is 244 Å². The summed E-state index contributed by atoms with van der Waals surface area (Å²) >= 11 is 0. The fraction of sp³-hybridized carbons (Fsp3) is 0.288. The second-order valence-corrected chi connectivity index (χ2v) is 28.6. The second kappa shape index (κ2) is 28.8. The predicted octanol–water partition coefficient (Wildman–Crippen LogP) is 9.34. The van der Waals surface area contributed by atoms with Gasteiger partial charge in [-0.15, -0.1) is 0 Å². The summed E-state index contributed by atoms with van der Waals surface area (Å²) < 4.78 is 70.6. The van der Waals surface area contributed by atoms with Crippen LogP contribution in [0.1, 0.15) is 98.4 Å². The third kappa shape index (κ3) is 15.7. The van der Waals surface area contributed by atoms with Crippen LogP contribution < -0.4 is 21.1 Å². The number of amides is 1. The molecular weight excluding hydrogens is 1210 g/mol. The lowest BCUT2D eigenvalue weighted by Crippen LogP contribution is -2.36. The first-order chi connectivity index (χ1) is 44.3. The molecule has 2 heterocycles. The molecule has 8 aromatic rings. The minimum atomic E-state index is -4.28. The maximum absolute atomic E-state index is 12.5. The minimum absolute atomic E-state index is 0.145. The normalized spacial score (nSPS) is 15.0. The van der Waals surface area contributed by atoms with Crippen LogP contribution in [0.25, 0.3) is 27.1 Å². The lowest BCUT2D eigenvalue weighted by atomic mass is 9.76. The van der Waals surface area contributed by atoms with Crippen LogP contribution in [0, 0.1) is 0 Å². The summed E-state index contributed by atoms with van der Waals surface area (Å²) in [6.07, 6.45) is 5.15. The Morgan fingerprint density at radius 1 is 0.591 bits per heavy atom. The zero-order valence-corrected chi connectivity index (χ0v) is 55.0. The van der Waals surface area contributed by atoms with Crippen LogP contribution in [0.3, 0.4) is 0 Å². The molecule has 2 aliphatic rings. The van der Waals surface area contributed by atoms with Gasteiger partial charge in [-0.25, -0.2) is 0 Å². The number of rotatable bonds is 28. The maximum Gasteiger partial charge on any atom is 0.488 e. The van der Waals surface area contributed by atoms with E-state index in [0.29, 0.717) is 75.3 Å². The Hall–Kier alpha value is -7.85. The second-order valence-electron chi connectivity index (χ2n) is 25.5. The van der Waals surface area contributed by atoms with E-state index >= 15 is 0 Å². The first-order valence-corrected chi connectivity index (χ1v) is 34.7. The standard InChI is InChI=1S/C73H81B2N5O11S2/c1-51(2)71(81)76-40-19-41-77(47-54-22-7-15-30-65(54)74(82)83)49-61-57-24-9-11-26-59(57)62(60-27-12-10-25-58(60)61)50-78(48-55-23-8-16-31-66(55)75(84)85)46-52-34-36-53(37-35-52)56(70-73(5,6)64-29-14-18-33-68(64)80(70)43-21-45-93(89,90)91)38-39-69-72(3,4)63-28-13-17-32-67(63)79(69)42-20-44-92(86,87)88/h7-18,22-39,82-85H,1,19-21,40-50H2,2-6H3,(H2-,76,81,86,87,88,89,90,91)/p+1. The molecule has 482 valence electrons. The maximum atomic E-state index is 12.5. The van der Waals surface area contributed by atoms with Crippen LogP contribution in [0.15, 0.2) is 200 Å². The highest BCUT2D eigenvalue weighted by Crippen LogP contribution is 2.49. The minimum Gasteiger partial charge on any atom is -0.423 e. The molecule has 0 atom stereocenters. The van der Waals surface area contributed by atoms with E-state index in [4.69, 9.17) is 0 Å². The van der Waals surface area contributed by atoms with Crippen LogP contribution in [0.2, 0.25) is 0 Å². The molecule has 20 heteroatoms.